The van der Waals surface area contributed by atoms with Crippen LogP contribution < -0.4 is 0 Å². The lowest BCUT2D eigenvalue weighted by Crippen LogP contribution is -2.23. The summed E-state index contributed by atoms with van der Waals surface area (Å²) in [6, 6.07) is 13.0. The Labute approximate surface area is 203 Å². The van der Waals surface area contributed by atoms with E-state index in [0.717, 1.165) is 16.3 Å². The van der Waals surface area contributed by atoms with Crippen LogP contribution in [0, 0.1) is 16.6 Å². The average Bonchev–Trinajstić information content (AvgIpc) is 3.30. The molecule has 4 aromatic heterocycles. The predicted octanol–water partition coefficient (Wildman–Crippen LogP) is 6.09. The number of rotatable bonds is 5. The van der Waals surface area contributed by atoms with Crippen LogP contribution in [-0.2, 0) is 11.6 Å². The number of hydrogen-bond donors (Lipinski definition) is 0. The Kier molecular flexibility index (Phi) is 6.36. The smallest absolute Gasteiger partial charge is 0.252 e. The molecule has 0 atom stereocenters. The summed E-state index contributed by atoms with van der Waals surface area (Å²) in [7, 11) is 0. The van der Waals surface area contributed by atoms with E-state index in [1.165, 1.54) is 6.20 Å². The maximum atomic E-state index is 14.7. The first-order chi connectivity index (χ1) is 16.0. The van der Waals surface area contributed by atoms with Gasteiger partial charge >= 0.3 is 6.18 Å². The number of pyridine rings is 3. The van der Waals surface area contributed by atoms with Gasteiger partial charge in [0.05, 0.1) is 26.3 Å². The van der Waals surface area contributed by atoms with Crippen LogP contribution in [0.3, 0.4) is 0 Å². The van der Waals surface area contributed by atoms with Crippen LogP contribution in [0.1, 0.15) is 36.5 Å². The third kappa shape index (κ3) is 4.77. The molecule has 0 aromatic carbocycles. The molecule has 0 saturated carbocycles. The second-order valence-corrected chi connectivity index (χ2v) is 10.0. The van der Waals surface area contributed by atoms with Crippen LogP contribution in [0.15, 0.2) is 54.7 Å². The fraction of sp³-hybridized carbons (Fsp3) is 0.208. The first kappa shape index (κ1) is 24.1. The van der Waals surface area contributed by atoms with Gasteiger partial charge in [0.2, 0.25) is 5.95 Å². The minimum absolute atomic E-state index is 0.247. The van der Waals surface area contributed by atoms with Crippen molar-refractivity contribution in [2.75, 3.05) is 0 Å². The Morgan fingerprint density at radius 3 is 2.32 bits per heavy atom. The molecule has 4 rings (SSSR count). The van der Waals surface area contributed by atoms with Gasteiger partial charge in [-0.1, -0.05) is 31.3 Å². The van der Waals surface area contributed by atoms with Crippen LogP contribution in [-0.4, -0.2) is 29.2 Å². The summed E-state index contributed by atoms with van der Waals surface area (Å²) in [4.78, 5) is 13.3. The zero-order valence-corrected chi connectivity index (χ0v) is 20.7. The standard InChI is InChI=1S/C24H20F4IN5/c1-14-12-16(15-8-9-20(29-4)32-22(15)25)30-19(13-14)23(2,3)17-6-5-7-21(31-17)34-11-10-18(33-34)24(26,27)28/h5-13H,4H2,1-3H3. The third-order valence-corrected chi connectivity index (χ3v) is 6.71. The first-order valence-corrected chi connectivity index (χ1v) is 12.7. The van der Waals surface area contributed by atoms with Crippen molar-refractivity contribution in [3.05, 3.63) is 87.0 Å². The molecule has 10 heteroatoms. The summed E-state index contributed by atoms with van der Waals surface area (Å²) in [5.74, 6) is -0.349. The van der Waals surface area contributed by atoms with E-state index in [1.54, 1.807) is 36.4 Å². The maximum Gasteiger partial charge on any atom is 0.435 e. The minimum atomic E-state index is -4.54. The molecule has 0 N–H and O–H groups in total. The highest BCUT2D eigenvalue weighted by atomic mass is 127. The first-order valence-electron chi connectivity index (χ1n) is 10.1. The molecule has 0 spiro atoms. The molecule has 5 nitrogen and oxygen atoms in total. The normalized spacial score (nSPS) is 12.2. The van der Waals surface area contributed by atoms with Crippen molar-refractivity contribution in [1.82, 2.24) is 24.7 Å². The van der Waals surface area contributed by atoms with Gasteiger partial charge in [-0.3, -0.25) is 4.98 Å². The largest absolute Gasteiger partial charge is 0.435 e. The molecule has 4 heterocycles. The Bertz CT molecular complexity index is 1380. The molecule has 0 radical (unpaired) electrons. The topological polar surface area (TPSA) is 56.5 Å². The molecule has 0 fully saturated rings. The quantitative estimate of drug-likeness (QED) is 0.163. The third-order valence-electron chi connectivity index (χ3n) is 5.33. The number of aromatic nitrogens is 5. The molecule has 0 aliphatic rings. The van der Waals surface area contributed by atoms with Gasteiger partial charge in [0.25, 0.3) is 0 Å². The number of alkyl halides is 3. The predicted molar refractivity (Wildman–Crippen MR) is 130 cm³/mol. The van der Waals surface area contributed by atoms with Gasteiger partial charge in [-0.15, -0.1) is 0 Å². The molecule has 176 valence electrons. The van der Waals surface area contributed by atoms with Gasteiger partial charge in [-0.05, 0) is 68.8 Å². The highest BCUT2D eigenvalue weighted by Gasteiger charge is 2.34. The van der Waals surface area contributed by atoms with Crippen molar-refractivity contribution >= 4 is 25.2 Å². The van der Waals surface area contributed by atoms with Crippen molar-refractivity contribution in [3.8, 4) is 17.1 Å². The van der Waals surface area contributed by atoms with Crippen molar-refractivity contribution in [1.29, 1.82) is 0 Å². The van der Waals surface area contributed by atoms with Crippen molar-refractivity contribution in [3.63, 3.8) is 0 Å². The molecule has 0 aliphatic heterocycles. The monoisotopic (exact) mass is 581 g/mol. The van der Waals surface area contributed by atoms with Crippen LogP contribution in [0.2, 0.25) is 0 Å². The number of hydrogen-bond acceptors (Lipinski definition) is 4. The Morgan fingerprint density at radius 2 is 1.68 bits per heavy atom. The molecular formula is C24H20F4IN5. The van der Waals surface area contributed by atoms with E-state index in [4.69, 9.17) is 4.98 Å². The lowest BCUT2D eigenvalue weighted by atomic mass is 9.84. The number of halogens is 5. The molecule has 0 bridgehead atoms. The van der Waals surface area contributed by atoms with Gasteiger partial charge in [0.1, 0.15) is 0 Å². The SMILES string of the molecule is C=Ic1ccc(-c2cc(C)cc(C(C)(C)c3cccc(-n4ccc(C(F)(F)F)n4)n3)n2)c(F)n1. The maximum absolute atomic E-state index is 14.7. The van der Waals surface area contributed by atoms with E-state index in [0.29, 0.717) is 26.3 Å². The minimum Gasteiger partial charge on any atom is -0.252 e. The van der Waals surface area contributed by atoms with E-state index in [1.807, 2.05) is 26.8 Å². The van der Waals surface area contributed by atoms with E-state index < -0.39 is 44.0 Å². The van der Waals surface area contributed by atoms with Crippen LogP contribution >= 0.6 is 20.7 Å². The van der Waals surface area contributed by atoms with Gasteiger partial charge in [-0.2, -0.15) is 22.7 Å². The van der Waals surface area contributed by atoms with Crippen molar-refractivity contribution in [2.24, 2.45) is 0 Å². The summed E-state index contributed by atoms with van der Waals surface area (Å²) >= 11 is -0.580. The van der Waals surface area contributed by atoms with Crippen LogP contribution in [0.5, 0.6) is 0 Å². The van der Waals surface area contributed by atoms with E-state index >= 15 is 0 Å². The van der Waals surface area contributed by atoms with Crippen molar-refractivity contribution < 1.29 is 17.6 Å². The van der Waals surface area contributed by atoms with E-state index in [2.05, 4.69) is 19.6 Å². The summed E-state index contributed by atoms with van der Waals surface area (Å²) in [5, 5.41) is 3.60. The average molecular weight is 581 g/mol. The summed E-state index contributed by atoms with van der Waals surface area (Å²) in [5.41, 5.74) is 1.09. The Balaban J connectivity index is 1.75. The van der Waals surface area contributed by atoms with E-state index in [-0.39, 0.29) is 5.82 Å². The fourth-order valence-corrected chi connectivity index (χ4v) is 4.25. The molecule has 0 amide bonds. The molecule has 0 unspecified atom stereocenters. The molecule has 34 heavy (non-hydrogen) atoms. The zero-order valence-electron chi connectivity index (χ0n) is 18.5. The lowest BCUT2D eigenvalue weighted by Gasteiger charge is -2.25. The number of aryl methyl sites for hydroxylation is 1. The van der Waals surface area contributed by atoms with Gasteiger partial charge < -0.3 is 0 Å². The van der Waals surface area contributed by atoms with Gasteiger partial charge in [-0.25, -0.2) is 14.6 Å². The fourth-order valence-electron chi connectivity index (χ4n) is 3.44. The van der Waals surface area contributed by atoms with Gasteiger partial charge in [0, 0.05) is 11.6 Å². The molecular weight excluding hydrogens is 561 g/mol. The summed E-state index contributed by atoms with van der Waals surface area (Å²) in [6.45, 7) is 5.69. The summed E-state index contributed by atoms with van der Waals surface area (Å²) < 4.78 is 59.1. The van der Waals surface area contributed by atoms with Crippen LogP contribution in [0.25, 0.3) is 17.1 Å². The highest BCUT2D eigenvalue weighted by Crippen LogP contribution is 2.33. The number of nitrogens with zero attached hydrogens (tertiary/aromatic N) is 5. The Hall–Kier alpha value is -3.02. The molecule has 0 saturated heterocycles. The zero-order chi connectivity index (χ0) is 24.7. The second-order valence-electron chi connectivity index (χ2n) is 8.17. The Morgan fingerprint density at radius 1 is 0.912 bits per heavy atom. The molecule has 4 aromatic rings. The molecule has 0 aliphatic carbocycles. The summed E-state index contributed by atoms with van der Waals surface area (Å²) in [6.07, 6.45) is -3.32. The second kappa shape index (κ2) is 8.97. The van der Waals surface area contributed by atoms with Gasteiger partial charge in [0.15, 0.2) is 11.5 Å². The van der Waals surface area contributed by atoms with Crippen molar-refractivity contribution in [2.45, 2.75) is 32.4 Å². The van der Waals surface area contributed by atoms with E-state index in [9.17, 15) is 17.6 Å². The lowest BCUT2D eigenvalue weighted by molar-refractivity contribution is -0.141. The highest BCUT2D eigenvalue weighted by molar-refractivity contribution is 14.2. The van der Waals surface area contributed by atoms with Crippen LogP contribution in [0.4, 0.5) is 17.6 Å².